The number of hydrogen-bond acceptors (Lipinski definition) is 0. The van der Waals surface area contributed by atoms with Crippen molar-refractivity contribution in [3.63, 3.8) is 0 Å². The average Bonchev–Trinajstić information content (AvgIpc) is 3.79. The zero-order valence-electron chi connectivity index (χ0n) is 31.1. The number of benzene rings is 3. The predicted octanol–water partition coefficient (Wildman–Crippen LogP) is 13.6. The Hall–Kier alpha value is -2.24. The molecule has 248 valence electrons. The summed E-state index contributed by atoms with van der Waals surface area (Å²) in [6.07, 6.45) is 15.3. The van der Waals surface area contributed by atoms with Crippen LogP contribution in [0, 0.1) is 5.92 Å². The minimum atomic E-state index is -3.66. The van der Waals surface area contributed by atoms with Crippen LogP contribution in [0.3, 0.4) is 0 Å². The van der Waals surface area contributed by atoms with Crippen molar-refractivity contribution in [2.75, 3.05) is 0 Å². The maximum absolute atomic E-state index is 5.32. The zero-order chi connectivity index (χ0) is 33.9. The van der Waals surface area contributed by atoms with Gasteiger partial charge < -0.3 is 0 Å². The van der Waals surface area contributed by atoms with Crippen LogP contribution in [-0.4, -0.2) is 0 Å². The van der Waals surface area contributed by atoms with Crippen LogP contribution in [0.15, 0.2) is 88.8 Å². The van der Waals surface area contributed by atoms with E-state index in [1.54, 1.807) is 20.0 Å². The monoisotopic (exact) mass is 702 g/mol. The third kappa shape index (κ3) is 6.45. The van der Waals surface area contributed by atoms with Crippen LogP contribution >= 0.6 is 0 Å². The standard InChI is InChI=1S/C21H25.C13H19.C7H11.C5H5.Zr/c1-20(2,3)16-7-9-18-14(12-16)11-15-13-17(21(4,5)6)8-10-19(15)18;1-9(2)12-6-11(5)7-13(8-12)10(3)4;1-2-7-5-3-4-6-7;1-2-4-5-3-1;/h7-13H,1-6H3;6-10H,5H2,1-4H3;7H,1,3-6H2;1-5H;. The molecule has 0 N–H and O–H groups in total. The molecule has 3 aromatic rings. The van der Waals surface area contributed by atoms with E-state index in [1.807, 2.05) is 0 Å². The van der Waals surface area contributed by atoms with E-state index >= 15 is 0 Å². The van der Waals surface area contributed by atoms with E-state index in [2.05, 4.69) is 148 Å². The molecule has 0 aliphatic heterocycles. The molecule has 0 spiro atoms. The molecule has 0 heterocycles. The summed E-state index contributed by atoms with van der Waals surface area (Å²) < 4.78 is 3.81. The summed E-state index contributed by atoms with van der Waals surface area (Å²) in [5.41, 5.74) is 13.8. The zero-order valence-corrected chi connectivity index (χ0v) is 33.6. The van der Waals surface area contributed by atoms with Gasteiger partial charge in [0.2, 0.25) is 0 Å². The number of rotatable bonds is 8. The third-order valence-corrected chi connectivity index (χ3v) is 26.2. The summed E-state index contributed by atoms with van der Waals surface area (Å²) in [5, 5.41) is 0. The van der Waals surface area contributed by atoms with Crippen molar-refractivity contribution >= 4 is 0 Å². The number of hydrogen-bond donors (Lipinski definition) is 0. The molecule has 6 rings (SSSR count). The fourth-order valence-corrected chi connectivity index (χ4v) is 24.4. The molecule has 3 aliphatic carbocycles. The normalized spacial score (nSPS) is 18.4. The SMILES string of the molecule is C=[C](C1CCCC1)[Zr]([CH2]c1cc(C(C)C)cc(C(C)C)c1)([CH]1C=CC=C1)[CH]1c2cc(C(C)(C)C)ccc2-c2ccc(C(C)(C)C)cc21. The summed E-state index contributed by atoms with van der Waals surface area (Å²) in [4.78, 5) is 0. The van der Waals surface area contributed by atoms with Gasteiger partial charge in [0, 0.05) is 0 Å². The molecule has 0 bridgehead atoms. The fraction of sp³-hybridized carbons (Fsp3) is 0.478. The van der Waals surface area contributed by atoms with Gasteiger partial charge in [0.15, 0.2) is 0 Å². The molecule has 0 nitrogen and oxygen atoms in total. The molecule has 1 atom stereocenters. The van der Waals surface area contributed by atoms with Crippen LogP contribution in [-0.2, 0) is 35.2 Å². The molecule has 1 unspecified atom stereocenters. The van der Waals surface area contributed by atoms with Crippen molar-refractivity contribution in [2.45, 2.75) is 129 Å². The van der Waals surface area contributed by atoms with Crippen LogP contribution in [0.4, 0.5) is 0 Å². The van der Waals surface area contributed by atoms with Gasteiger partial charge in [-0.25, -0.2) is 0 Å². The Kier molecular flexibility index (Phi) is 9.50. The Morgan fingerprint density at radius 1 is 0.702 bits per heavy atom. The second kappa shape index (κ2) is 12.9. The Labute approximate surface area is 292 Å². The Bertz CT molecular complexity index is 1610. The van der Waals surface area contributed by atoms with Gasteiger partial charge in [-0.3, -0.25) is 0 Å². The second-order valence-electron chi connectivity index (χ2n) is 17.9. The molecule has 0 saturated heterocycles. The van der Waals surface area contributed by atoms with Crippen LogP contribution in [0.5, 0.6) is 0 Å². The van der Waals surface area contributed by atoms with Crippen molar-refractivity contribution in [1.29, 1.82) is 0 Å². The quantitative estimate of drug-likeness (QED) is 0.219. The first-order chi connectivity index (χ1) is 22.1. The predicted molar refractivity (Wildman–Crippen MR) is 203 cm³/mol. The van der Waals surface area contributed by atoms with Gasteiger partial charge in [-0.15, -0.1) is 0 Å². The molecule has 1 heteroatoms. The van der Waals surface area contributed by atoms with Gasteiger partial charge in [0.25, 0.3) is 0 Å². The van der Waals surface area contributed by atoms with Gasteiger partial charge in [0.05, 0.1) is 0 Å². The maximum atomic E-state index is 5.32. The Morgan fingerprint density at radius 3 is 1.60 bits per heavy atom. The third-order valence-electron chi connectivity index (χ3n) is 11.9. The van der Waals surface area contributed by atoms with Gasteiger partial charge >= 0.3 is 294 Å². The van der Waals surface area contributed by atoms with E-state index < -0.39 is 20.3 Å². The average molecular weight is 704 g/mol. The summed E-state index contributed by atoms with van der Waals surface area (Å²) in [6, 6.07) is 22.8. The first-order valence-corrected chi connectivity index (χ1v) is 24.4. The van der Waals surface area contributed by atoms with E-state index in [0.717, 1.165) is 0 Å². The van der Waals surface area contributed by atoms with E-state index in [1.165, 1.54) is 63.2 Å². The molecule has 47 heavy (non-hydrogen) atoms. The molecule has 1 fully saturated rings. The molecule has 1 saturated carbocycles. The van der Waals surface area contributed by atoms with Crippen molar-refractivity contribution < 1.29 is 20.3 Å². The molecular weight excluding hydrogens is 644 g/mol. The summed E-state index contributed by atoms with van der Waals surface area (Å²) in [7, 11) is 0. The Balaban J connectivity index is 1.69. The molecule has 3 aliphatic rings. The molecule has 0 radical (unpaired) electrons. The molecular formula is C46H60Zr. The first-order valence-electron chi connectivity index (χ1n) is 18.6. The molecule has 0 amide bonds. The van der Waals surface area contributed by atoms with Crippen LogP contribution in [0.1, 0.15) is 149 Å². The van der Waals surface area contributed by atoms with Gasteiger partial charge in [-0.2, -0.15) is 0 Å². The van der Waals surface area contributed by atoms with Crippen LogP contribution < -0.4 is 0 Å². The van der Waals surface area contributed by atoms with Crippen molar-refractivity contribution in [3.05, 3.63) is 128 Å². The minimum absolute atomic E-state index is 0.0937. The Morgan fingerprint density at radius 2 is 1.17 bits per heavy atom. The summed E-state index contributed by atoms with van der Waals surface area (Å²) >= 11 is -3.66. The summed E-state index contributed by atoms with van der Waals surface area (Å²) in [6.45, 7) is 29.1. The van der Waals surface area contributed by atoms with Crippen molar-refractivity contribution in [3.8, 4) is 11.1 Å². The van der Waals surface area contributed by atoms with Gasteiger partial charge in [-0.1, -0.05) is 0 Å². The van der Waals surface area contributed by atoms with Crippen LogP contribution in [0.25, 0.3) is 11.1 Å². The summed E-state index contributed by atoms with van der Waals surface area (Å²) in [5.74, 6) is 1.67. The fourth-order valence-electron chi connectivity index (χ4n) is 8.96. The van der Waals surface area contributed by atoms with Gasteiger partial charge in [0.1, 0.15) is 0 Å². The number of allylic oxidation sites excluding steroid dienone is 5. The van der Waals surface area contributed by atoms with Gasteiger partial charge in [-0.05, 0) is 0 Å². The van der Waals surface area contributed by atoms with Crippen LogP contribution in [0.2, 0.25) is 3.63 Å². The second-order valence-corrected chi connectivity index (χ2v) is 28.5. The van der Waals surface area contributed by atoms with E-state index in [0.29, 0.717) is 25.0 Å². The molecule has 3 aromatic carbocycles. The van der Waals surface area contributed by atoms with Crippen molar-refractivity contribution in [1.82, 2.24) is 0 Å². The first kappa shape index (κ1) is 34.6. The van der Waals surface area contributed by atoms with E-state index in [-0.39, 0.29) is 10.8 Å². The topological polar surface area (TPSA) is 0 Å². The van der Waals surface area contributed by atoms with E-state index in [4.69, 9.17) is 6.58 Å². The van der Waals surface area contributed by atoms with E-state index in [9.17, 15) is 0 Å². The van der Waals surface area contributed by atoms with Crippen molar-refractivity contribution in [2.24, 2.45) is 5.92 Å². The molecule has 0 aromatic heterocycles. The number of fused-ring (bicyclic) bond motifs is 3.